The Morgan fingerprint density at radius 2 is 2.27 bits per heavy atom. The maximum atomic E-state index is 12.4. The Morgan fingerprint density at radius 3 is 2.96 bits per heavy atom. The Hall–Kier alpha value is -2.38. The molecule has 1 fully saturated rings. The van der Waals surface area contributed by atoms with E-state index in [4.69, 9.17) is 9.26 Å². The molecule has 0 aromatic carbocycles. The smallest absolute Gasteiger partial charge is 0.308 e. The van der Waals surface area contributed by atoms with Crippen LogP contribution in [-0.2, 0) is 19.1 Å². The summed E-state index contributed by atoms with van der Waals surface area (Å²) in [5.41, 5.74) is 0. The zero-order valence-corrected chi connectivity index (χ0v) is 15.4. The van der Waals surface area contributed by atoms with E-state index in [1.807, 2.05) is 6.92 Å². The zero-order valence-electron chi connectivity index (χ0n) is 15.4. The van der Waals surface area contributed by atoms with Crippen molar-refractivity contribution in [1.29, 1.82) is 0 Å². The third-order valence-electron chi connectivity index (χ3n) is 4.25. The molecule has 8 heteroatoms. The Balaban J connectivity index is 1.91. The lowest BCUT2D eigenvalue weighted by Gasteiger charge is -2.19. The number of rotatable bonds is 8. The fraction of sp³-hybridized carbons (Fsp3) is 0.667. The van der Waals surface area contributed by atoms with Crippen LogP contribution in [0.25, 0.3) is 0 Å². The SMILES string of the molecule is CCCCC(OC(=O)CC1CCCCC(=O)N1)C(=O)Nc1cc(C)on1. The van der Waals surface area contributed by atoms with E-state index in [1.165, 1.54) is 0 Å². The van der Waals surface area contributed by atoms with Crippen molar-refractivity contribution in [3.63, 3.8) is 0 Å². The Bertz CT molecular complexity index is 628. The van der Waals surface area contributed by atoms with Gasteiger partial charge in [-0.3, -0.25) is 14.4 Å². The molecule has 2 N–H and O–H groups in total. The second kappa shape index (κ2) is 9.94. The number of carbonyl (C=O) groups excluding carboxylic acids is 3. The predicted molar refractivity (Wildman–Crippen MR) is 94.3 cm³/mol. The lowest BCUT2D eigenvalue weighted by Crippen LogP contribution is -2.37. The monoisotopic (exact) mass is 365 g/mol. The van der Waals surface area contributed by atoms with Crippen molar-refractivity contribution in [1.82, 2.24) is 10.5 Å². The van der Waals surface area contributed by atoms with Gasteiger partial charge in [0.15, 0.2) is 11.9 Å². The number of aryl methyl sites for hydroxylation is 1. The van der Waals surface area contributed by atoms with Gasteiger partial charge >= 0.3 is 5.97 Å². The van der Waals surface area contributed by atoms with Gasteiger partial charge in [-0.1, -0.05) is 24.9 Å². The molecule has 2 heterocycles. The Labute approximate surface area is 153 Å². The summed E-state index contributed by atoms with van der Waals surface area (Å²) in [6, 6.07) is 1.36. The maximum absolute atomic E-state index is 12.4. The van der Waals surface area contributed by atoms with Crippen molar-refractivity contribution in [3.8, 4) is 0 Å². The number of nitrogens with one attached hydrogen (secondary N) is 2. The molecule has 1 aromatic rings. The van der Waals surface area contributed by atoms with E-state index in [2.05, 4.69) is 15.8 Å². The van der Waals surface area contributed by atoms with Crippen LogP contribution >= 0.6 is 0 Å². The first kappa shape index (κ1) is 19.9. The Morgan fingerprint density at radius 1 is 1.46 bits per heavy atom. The van der Waals surface area contributed by atoms with Crippen molar-refractivity contribution in [3.05, 3.63) is 11.8 Å². The number of ether oxygens (including phenoxy) is 1. The molecule has 0 spiro atoms. The molecule has 0 radical (unpaired) electrons. The molecule has 8 nitrogen and oxygen atoms in total. The number of esters is 1. The molecule has 1 aliphatic rings. The van der Waals surface area contributed by atoms with Gasteiger partial charge in [0, 0.05) is 18.5 Å². The molecule has 26 heavy (non-hydrogen) atoms. The fourth-order valence-electron chi connectivity index (χ4n) is 2.87. The minimum atomic E-state index is -0.888. The Kier molecular flexibility index (Phi) is 7.62. The van der Waals surface area contributed by atoms with Crippen LogP contribution in [0.1, 0.15) is 64.1 Å². The average molecular weight is 365 g/mol. The summed E-state index contributed by atoms with van der Waals surface area (Å²) >= 11 is 0. The van der Waals surface area contributed by atoms with Gasteiger partial charge in [-0.25, -0.2) is 0 Å². The third kappa shape index (κ3) is 6.50. The number of unbranched alkanes of at least 4 members (excludes halogenated alkanes) is 1. The van der Waals surface area contributed by atoms with E-state index in [9.17, 15) is 14.4 Å². The first-order valence-electron chi connectivity index (χ1n) is 9.21. The number of amides is 2. The molecule has 1 aliphatic heterocycles. The van der Waals surface area contributed by atoms with Crippen LogP contribution < -0.4 is 10.6 Å². The summed E-state index contributed by atoms with van der Waals surface area (Å²) in [6.45, 7) is 3.72. The van der Waals surface area contributed by atoms with Crippen LogP contribution in [0.15, 0.2) is 10.6 Å². The maximum Gasteiger partial charge on any atom is 0.308 e. The predicted octanol–water partition coefficient (Wildman–Crippen LogP) is 2.47. The molecule has 144 valence electrons. The van der Waals surface area contributed by atoms with Gasteiger partial charge in [0.25, 0.3) is 5.91 Å². The molecule has 1 aromatic heterocycles. The summed E-state index contributed by atoms with van der Waals surface area (Å²) < 4.78 is 10.3. The highest BCUT2D eigenvalue weighted by atomic mass is 16.5. The van der Waals surface area contributed by atoms with Gasteiger partial charge in [-0.2, -0.15) is 0 Å². The van der Waals surface area contributed by atoms with Crippen LogP contribution in [0.5, 0.6) is 0 Å². The third-order valence-corrected chi connectivity index (χ3v) is 4.25. The van der Waals surface area contributed by atoms with Crippen LogP contribution in [0.2, 0.25) is 0 Å². The minimum absolute atomic E-state index is 0.0398. The second-order valence-corrected chi connectivity index (χ2v) is 6.65. The number of hydrogen-bond acceptors (Lipinski definition) is 6. The van der Waals surface area contributed by atoms with Crippen LogP contribution in [0, 0.1) is 6.92 Å². The summed E-state index contributed by atoms with van der Waals surface area (Å²) in [5, 5.41) is 9.16. The van der Waals surface area contributed by atoms with Gasteiger partial charge < -0.3 is 19.9 Å². The van der Waals surface area contributed by atoms with E-state index in [-0.39, 0.29) is 18.4 Å². The summed E-state index contributed by atoms with van der Waals surface area (Å²) in [6.07, 6.45) is 4.20. The number of anilines is 1. The van der Waals surface area contributed by atoms with E-state index in [1.54, 1.807) is 13.0 Å². The van der Waals surface area contributed by atoms with Gasteiger partial charge in [-0.15, -0.1) is 0 Å². The second-order valence-electron chi connectivity index (χ2n) is 6.65. The quantitative estimate of drug-likeness (QED) is 0.685. The molecular formula is C18H27N3O5. The van der Waals surface area contributed by atoms with Crippen molar-refractivity contribution in [2.45, 2.75) is 77.4 Å². The minimum Gasteiger partial charge on any atom is -0.452 e. The van der Waals surface area contributed by atoms with E-state index in [0.717, 1.165) is 32.1 Å². The van der Waals surface area contributed by atoms with Gasteiger partial charge in [0.1, 0.15) is 5.76 Å². The number of aromatic nitrogens is 1. The van der Waals surface area contributed by atoms with Crippen LogP contribution in [0.3, 0.4) is 0 Å². The first-order valence-corrected chi connectivity index (χ1v) is 9.21. The van der Waals surface area contributed by atoms with Gasteiger partial charge in [0.2, 0.25) is 5.91 Å². The topological polar surface area (TPSA) is 111 Å². The molecular weight excluding hydrogens is 338 g/mol. The molecule has 1 saturated heterocycles. The summed E-state index contributed by atoms with van der Waals surface area (Å²) in [5.74, 6) is -0.0793. The molecule has 2 unspecified atom stereocenters. The van der Waals surface area contributed by atoms with Gasteiger partial charge in [-0.05, 0) is 32.6 Å². The zero-order chi connectivity index (χ0) is 18.9. The molecule has 0 saturated carbocycles. The van der Waals surface area contributed by atoms with Gasteiger partial charge in [0.05, 0.1) is 6.42 Å². The number of hydrogen-bond donors (Lipinski definition) is 2. The first-order chi connectivity index (χ1) is 12.5. The van der Waals surface area contributed by atoms with Crippen molar-refractivity contribution in [2.24, 2.45) is 0 Å². The largest absolute Gasteiger partial charge is 0.452 e. The van der Waals surface area contributed by atoms with Crippen molar-refractivity contribution >= 4 is 23.6 Å². The lowest BCUT2D eigenvalue weighted by atomic mass is 10.1. The van der Waals surface area contributed by atoms with E-state index >= 15 is 0 Å². The van der Waals surface area contributed by atoms with E-state index < -0.39 is 18.0 Å². The van der Waals surface area contributed by atoms with Crippen LogP contribution in [-0.4, -0.2) is 35.1 Å². The van der Waals surface area contributed by atoms with Crippen molar-refractivity contribution < 1.29 is 23.6 Å². The van der Waals surface area contributed by atoms with Crippen molar-refractivity contribution in [2.75, 3.05) is 5.32 Å². The van der Waals surface area contributed by atoms with E-state index in [0.29, 0.717) is 24.4 Å². The summed E-state index contributed by atoms with van der Waals surface area (Å²) in [4.78, 5) is 36.3. The normalized spacial score (nSPS) is 18.5. The van der Waals surface area contributed by atoms with Crippen LogP contribution in [0.4, 0.5) is 5.82 Å². The standard InChI is InChI=1S/C18H27N3O5/c1-3-4-8-14(18(24)20-15-10-12(2)26-21-15)25-17(23)11-13-7-5-6-9-16(22)19-13/h10,13-14H,3-9,11H2,1-2H3,(H,19,22)(H,20,21,24). The number of nitrogens with zero attached hydrogens (tertiary/aromatic N) is 1. The molecule has 2 rings (SSSR count). The molecule has 2 atom stereocenters. The molecule has 0 aliphatic carbocycles. The highest BCUT2D eigenvalue weighted by Crippen LogP contribution is 2.15. The molecule has 2 amide bonds. The summed E-state index contributed by atoms with van der Waals surface area (Å²) in [7, 11) is 0. The highest BCUT2D eigenvalue weighted by Gasteiger charge is 2.26. The number of carbonyl (C=O) groups is 3. The lowest BCUT2D eigenvalue weighted by molar-refractivity contribution is -0.155. The molecule has 0 bridgehead atoms. The fourth-order valence-corrected chi connectivity index (χ4v) is 2.87. The highest BCUT2D eigenvalue weighted by molar-refractivity contribution is 5.94. The average Bonchev–Trinajstić information content (AvgIpc) is 2.88.